The van der Waals surface area contributed by atoms with Crippen molar-refractivity contribution in [3.8, 4) is 11.3 Å². The van der Waals surface area contributed by atoms with Gasteiger partial charge >= 0.3 is 0 Å². The van der Waals surface area contributed by atoms with Crippen LogP contribution in [0.2, 0.25) is 0 Å². The van der Waals surface area contributed by atoms with Gasteiger partial charge in [-0.25, -0.2) is 18.7 Å². The lowest BCUT2D eigenvalue weighted by Crippen LogP contribution is -2.13. The van der Waals surface area contributed by atoms with Gasteiger partial charge in [-0.1, -0.05) is 6.92 Å². The number of hydrogen-bond donors (Lipinski definition) is 1. The molecule has 1 unspecified atom stereocenters. The Morgan fingerprint density at radius 3 is 2.58 bits per heavy atom. The second-order valence-electron chi connectivity index (χ2n) is 4.51. The summed E-state index contributed by atoms with van der Waals surface area (Å²) in [6.07, 6.45) is 0. The third kappa shape index (κ3) is 2.93. The summed E-state index contributed by atoms with van der Waals surface area (Å²) in [5.41, 5.74) is 7.02. The average molecular weight is 263 g/mol. The van der Waals surface area contributed by atoms with E-state index in [0.717, 1.165) is 11.8 Å². The van der Waals surface area contributed by atoms with Crippen molar-refractivity contribution < 1.29 is 8.78 Å². The molecule has 1 heterocycles. The van der Waals surface area contributed by atoms with Gasteiger partial charge in [0.15, 0.2) is 0 Å². The van der Waals surface area contributed by atoms with Crippen molar-refractivity contribution in [3.05, 3.63) is 47.4 Å². The number of rotatable bonds is 3. The Bertz CT molecular complexity index is 599. The lowest BCUT2D eigenvalue weighted by Gasteiger charge is -2.11. The molecule has 1 aromatic heterocycles. The molecular weight excluding hydrogens is 248 g/mol. The summed E-state index contributed by atoms with van der Waals surface area (Å²) < 4.78 is 26.7. The van der Waals surface area contributed by atoms with E-state index in [-0.39, 0.29) is 11.5 Å². The SMILES string of the molecule is Cc1cc(-c2ccc(F)cc2F)nc(C(C)CN)n1. The Morgan fingerprint density at radius 1 is 1.21 bits per heavy atom. The fraction of sp³-hybridized carbons (Fsp3) is 0.286. The minimum absolute atomic E-state index is 0.0119. The molecule has 2 aromatic rings. The minimum Gasteiger partial charge on any atom is -0.330 e. The highest BCUT2D eigenvalue weighted by molar-refractivity contribution is 5.60. The van der Waals surface area contributed by atoms with Gasteiger partial charge in [0.25, 0.3) is 0 Å². The number of halogens is 2. The van der Waals surface area contributed by atoms with Crippen LogP contribution in [0, 0.1) is 18.6 Å². The lowest BCUT2D eigenvalue weighted by atomic mass is 10.1. The Balaban J connectivity index is 2.53. The van der Waals surface area contributed by atoms with Gasteiger partial charge in [0.2, 0.25) is 0 Å². The first kappa shape index (κ1) is 13.5. The standard InChI is InChI=1S/C14H15F2N3/c1-8(7-17)14-18-9(2)5-13(19-14)11-4-3-10(15)6-12(11)16/h3-6,8H,7,17H2,1-2H3. The average Bonchev–Trinajstić information content (AvgIpc) is 2.37. The molecule has 2 N–H and O–H groups in total. The predicted molar refractivity (Wildman–Crippen MR) is 69.6 cm³/mol. The lowest BCUT2D eigenvalue weighted by molar-refractivity contribution is 0.585. The molecule has 0 amide bonds. The van der Waals surface area contributed by atoms with Gasteiger partial charge in [-0.2, -0.15) is 0 Å². The monoisotopic (exact) mass is 263 g/mol. The van der Waals surface area contributed by atoms with Crippen LogP contribution < -0.4 is 5.73 Å². The quantitative estimate of drug-likeness (QED) is 0.926. The maximum Gasteiger partial charge on any atom is 0.135 e. The molecule has 0 aliphatic carbocycles. The highest BCUT2D eigenvalue weighted by Gasteiger charge is 2.13. The second-order valence-corrected chi connectivity index (χ2v) is 4.51. The Labute approximate surface area is 110 Å². The molecule has 3 nitrogen and oxygen atoms in total. The van der Waals surface area contributed by atoms with Crippen LogP contribution in [0.4, 0.5) is 8.78 Å². The smallest absolute Gasteiger partial charge is 0.135 e. The number of benzene rings is 1. The number of aromatic nitrogens is 2. The van der Waals surface area contributed by atoms with Gasteiger partial charge in [0, 0.05) is 29.8 Å². The first-order valence-electron chi connectivity index (χ1n) is 6.02. The van der Waals surface area contributed by atoms with Crippen LogP contribution in [0.5, 0.6) is 0 Å². The Kier molecular flexibility index (Phi) is 3.85. The van der Waals surface area contributed by atoms with E-state index in [1.54, 1.807) is 13.0 Å². The van der Waals surface area contributed by atoms with Crippen LogP contribution in [0.1, 0.15) is 24.4 Å². The molecular formula is C14H15F2N3. The van der Waals surface area contributed by atoms with Gasteiger partial charge in [-0.3, -0.25) is 0 Å². The zero-order valence-corrected chi connectivity index (χ0v) is 10.8. The van der Waals surface area contributed by atoms with E-state index >= 15 is 0 Å². The molecule has 1 atom stereocenters. The van der Waals surface area contributed by atoms with Crippen molar-refractivity contribution >= 4 is 0 Å². The van der Waals surface area contributed by atoms with Crippen molar-refractivity contribution in [1.82, 2.24) is 9.97 Å². The van der Waals surface area contributed by atoms with E-state index in [9.17, 15) is 8.78 Å². The molecule has 0 radical (unpaired) electrons. The molecule has 0 aliphatic rings. The largest absolute Gasteiger partial charge is 0.330 e. The van der Waals surface area contributed by atoms with Gasteiger partial charge in [0.05, 0.1) is 5.69 Å². The normalized spacial score (nSPS) is 12.5. The fourth-order valence-corrected chi connectivity index (χ4v) is 1.75. The first-order valence-corrected chi connectivity index (χ1v) is 6.02. The molecule has 2 rings (SSSR count). The topological polar surface area (TPSA) is 51.8 Å². The number of nitrogens with two attached hydrogens (primary N) is 1. The van der Waals surface area contributed by atoms with E-state index < -0.39 is 11.6 Å². The second kappa shape index (κ2) is 5.40. The molecule has 19 heavy (non-hydrogen) atoms. The van der Waals surface area contributed by atoms with Gasteiger partial charge in [0.1, 0.15) is 17.5 Å². The zero-order chi connectivity index (χ0) is 14.0. The van der Waals surface area contributed by atoms with Crippen molar-refractivity contribution in [1.29, 1.82) is 0 Å². The van der Waals surface area contributed by atoms with E-state index in [1.807, 2.05) is 6.92 Å². The molecule has 1 aromatic carbocycles. The summed E-state index contributed by atoms with van der Waals surface area (Å²) in [6.45, 7) is 4.12. The van der Waals surface area contributed by atoms with Crippen LogP contribution in [-0.2, 0) is 0 Å². The van der Waals surface area contributed by atoms with Crippen molar-refractivity contribution in [2.45, 2.75) is 19.8 Å². The Morgan fingerprint density at radius 2 is 1.95 bits per heavy atom. The summed E-state index contributed by atoms with van der Waals surface area (Å²) >= 11 is 0. The van der Waals surface area contributed by atoms with E-state index in [1.165, 1.54) is 12.1 Å². The van der Waals surface area contributed by atoms with Gasteiger partial charge in [-0.05, 0) is 25.1 Å². The third-order valence-electron chi connectivity index (χ3n) is 2.87. The summed E-state index contributed by atoms with van der Waals surface area (Å²) in [5, 5.41) is 0. The number of nitrogens with zero attached hydrogens (tertiary/aromatic N) is 2. The molecule has 0 spiro atoms. The Hall–Kier alpha value is -1.88. The third-order valence-corrected chi connectivity index (χ3v) is 2.87. The van der Waals surface area contributed by atoms with Gasteiger partial charge < -0.3 is 5.73 Å². The van der Waals surface area contributed by atoms with Gasteiger partial charge in [-0.15, -0.1) is 0 Å². The highest BCUT2D eigenvalue weighted by atomic mass is 19.1. The maximum atomic E-state index is 13.8. The summed E-state index contributed by atoms with van der Waals surface area (Å²) in [4.78, 5) is 8.60. The molecule has 0 fully saturated rings. The van der Waals surface area contributed by atoms with Crippen LogP contribution in [-0.4, -0.2) is 16.5 Å². The minimum atomic E-state index is -0.635. The summed E-state index contributed by atoms with van der Waals surface area (Å²) in [7, 11) is 0. The van der Waals surface area contributed by atoms with Crippen molar-refractivity contribution in [2.75, 3.05) is 6.54 Å². The summed E-state index contributed by atoms with van der Waals surface area (Å²) in [5.74, 6) is -0.685. The van der Waals surface area contributed by atoms with Crippen LogP contribution >= 0.6 is 0 Å². The molecule has 0 saturated carbocycles. The molecule has 0 aliphatic heterocycles. The number of aryl methyl sites for hydroxylation is 1. The molecule has 100 valence electrons. The zero-order valence-electron chi connectivity index (χ0n) is 10.8. The van der Waals surface area contributed by atoms with E-state index in [0.29, 0.717) is 18.1 Å². The van der Waals surface area contributed by atoms with Crippen LogP contribution in [0.3, 0.4) is 0 Å². The molecule has 5 heteroatoms. The highest BCUT2D eigenvalue weighted by Crippen LogP contribution is 2.23. The van der Waals surface area contributed by atoms with E-state index in [4.69, 9.17) is 5.73 Å². The van der Waals surface area contributed by atoms with Crippen molar-refractivity contribution in [2.24, 2.45) is 5.73 Å². The van der Waals surface area contributed by atoms with Crippen LogP contribution in [0.25, 0.3) is 11.3 Å². The van der Waals surface area contributed by atoms with Crippen molar-refractivity contribution in [3.63, 3.8) is 0 Å². The first-order chi connectivity index (χ1) is 9.01. The van der Waals surface area contributed by atoms with Crippen LogP contribution in [0.15, 0.2) is 24.3 Å². The fourth-order valence-electron chi connectivity index (χ4n) is 1.75. The van der Waals surface area contributed by atoms with E-state index in [2.05, 4.69) is 9.97 Å². The maximum absolute atomic E-state index is 13.8. The number of hydrogen-bond acceptors (Lipinski definition) is 3. The molecule has 0 bridgehead atoms. The molecule has 0 saturated heterocycles. The summed E-state index contributed by atoms with van der Waals surface area (Å²) in [6, 6.07) is 5.10. The predicted octanol–water partition coefficient (Wildman–Crippen LogP) is 2.79.